The number of nitrogens with zero attached hydrogens (tertiary/aromatic N) is 1. The second kappa shape index (κ2) is 5.75. The molecule has 0 saturated heterocycles. The second-order valence-corrected chi connectivity index (χ2v) is 4.95. The van der Waals surface area contributed by atoms with E-state index in [2.05, 4.69) is 11.4 Å². The third kappa shape index (κ3) is 2.70. The number of benzene rings is 1. The van der Waals surface area contributed by atoms with Crippen LogP contribution in [0.4, 0.5) is 0 Å². The van der Waals surface area contributed by atoms with Crippen LogP contribution in [0.15, 0.2) is 24.3 Å². The van der Waals surface area contributed by atoms with Gasteiger partial charge in [-0.1, -0.05) is 24.6 Å². The van der Waals surface area contributed by atoms with Crippen LogP contribution in [-0.2, 0) is 10.2 Å². The summed E-state index contributed by atoms with van der Waals surface area (Å²) in [5.41, 5.74) is 1.12. The van der Waals surface area contributed by atoms with Gasteiger partial charge < -0.3 is 10.1 Å². The quantitative estimate of drug-likeness (QED) is 0.880. The van der Waals surface area contributed by atoms with E-state index in [-0.39, 0.29) is 17.7 Å². The van der Waals surface area contributed by atoms with Gasteiger partial charge in [0, 0.05) is 17.5 Å². The van der Waals surface area contributed by atoms with Crippen LogP contribution in [0.25, 0.3) is 0 Å². The van der Waals surface area contributed by atoms with Crippen molar-refractivity contribution >= 4 is 5.91 Å². The highest BCUT2D eigenvalue weighted by molar-refractivity contribution is 5.78. The summed E-state index contributed by atoms with van der Waals surface area (Å²) < 4.78 is 5.42. The molecule has 4 nitrogen and oxygen atoms in total. The van der Waals surface area contributed by atoms with Crippen LogP contribution >= 0.6 is 0 Å². The maximum absolute atomic E-state index is 11.5. The first-order valence-corrected chi connectivity index (χ1v) is 6.49. The van der Waals surface area contributed by atoms with Crippen LogP contribution in [0, 0.1) is 11.3 Å². The number of rotatable bonds is 5. The Morgan fingerprint density at radius 3 is 2.79 bits per heavy atom. The van der Waals surface area contributed by atoms with Crippen LogP contribution in [0.3, 0.4) is 0 Å². The van der Waals surface area contributed by atoms with Gasteiger partial charge in [0.05, 0.1) is 13.2 Å². The van der Waals surface area contributed by atoms with E-state index >= 15 is 0 Å². The van der Waals surface area contributed by atoms with Crippen LogP contribution < -0.4 is 10.1 Å². The Kier molecular flexibility index (Phi) is 4.06. The highest BCUT2D eigenvalue weighted by Crippen LogP contribution is 2.46. The average molecular weight is 258 g/mol. The van der Waals surface area contributed by atoms with Crippen molar-refractivity contribution in [2.45, 2.75) is 31.1 Å². The number of nitriles is 1. The van der Waals surface area contributed by atoms with E-state index in [1.54, 1.807) is 7.11 Å². The molecule has 0 heterocycles. The zero-order valence-electron chi connectivity index (χ0n) is 11.1. The molecule has 1 fully saturated rings. The number of methoxy groups -OCH3 is 1. The molecule has 0 aliphatic heterocycles. The van der Waals surface area contributed by atoms with Crippen LogP contribution in [0.1, 0.15) is 31.2 Å². The predicted octanol–water partition coefficient (Wildman–Crippen LogP) is 2.15. The first kappa shape index (κ1) is 13.4. The Labute approximate surface area is 113 Å². The average Bonchev–Trinajstić information content (AvgIpc) is 2.38. The molecule has 0 aromatic heterocycles. The Hall–Kier alpha value is -2.02. The van der Waals surface area contributed by atoms with Crippen molar-refractivity contribution in [3.05, 3.63) is 29.8 Å². The van der Waals surface area contributed by atoms with Crippen molar-refractivity contribution in [1.29, 1.82) is 5.26 Å². The molecule has 19 heavy (non-hydrogen) atoms. The van der Waals surface area contributed by atoms with Crippen molar-refractivity contribution in [2.75, 3.05) is 13.7 Å². The molecule has 1 aliphatic carbocycles. The van der Waals surface area contributed by atoms with Gasteiger partial charge in [-0.2, -0.15) is 5.26 Å². The largest absolute Gasteiger partial charge is 0.496 e. The molecule has 1 amide bonds. The molecule has 0 unspecified atom stereocenters. The predicted molar refractivity (Wildman–Crippen MR) is 71.8 cm³/mol. The van der Waals surface area contributed by atoms with Crippen molar-refractivity contribution in [3.63, 3.8) is 0 Å². The van der Waals surface area contributed by atoms with Crippen molar-refractivity contribution in [1.82, 2.24) is 5.32 Å². The molecule has 1 aliphatic rings. The molecular formula is C15H18N2O2. The third-order valence-electron chi connectivity index (χ3n) is 3.85. The number of nitrogens with one attached hydrogen (secondary N) is 1. The lowest BCUT2D eigenvalue weighted by Crippen LogP contribution is -2.45. The summed E-state index contributed by atoms with van der Waals surface area (Å²) in [5.74, 6) is 0.667. The lowest BCUT2D eigenvalue weighted by Gasteiger charge is -2.43. The standard InChI is InChI=1S/C15H18N2O2/c1-19-13-6-3-2-5-12(13)15(8-4-9-15)11-17-14(18)7-10-16/h2-3,5-6H,4,7-9,11H2,1H3,(H,17,18). The minimum absolute atomic E-state index is 0.0300. The van der Waals surface area contributed by atoms with Gasteiger partial charge in [-0.25, -0.2) is 0 Å². The van der Waals surface area contributed by atoms with Gasteiger partial charge in [0.1, 0.15) is 12.2 Å². The number of amides is 1. The van der Waals surface area contributed by atoms with Crippen LogP contribution in [0.2, 0.25) is 0 Å². The Bertz CT molecular complexity index is 501. The summed E-state index contributed by atoms with van der Waals surface area (Å²) in [6.07, 6.45) is 3.16. The number of ether oxygens (including phenoxy) is 1. The smallest absolute Gasteiger partial charge is 0.234 e. The molecule has 1 saturated carbocycles. The number of carbonyl (C=O) groups is 1. The summed E-state index contributed by atoms with van der Waals surface area (Å²) in [7, 11) is 1.67. The first-order valence-electron chi connectivity index (χ1n) is 6.49. The highest BCUT2D eigenvalue weighted by Gasteiger charge is 2.40. The van der Waals surface area contributed by atoms with Crippen molar-refractivity contribution in [2.24, 2.45) is 0 Å². The Morgan fingerprint density at radius 2 is 2.21 bits per heavy atom. The molecule has 0 bridgehead atoms. The van der Waals surface area contributed by atoms with Gasteiger partial charge in [0.25, 0.3) is 0 Å². The van der Waals surface area contributed by atoms with Gasteiger partial charge in [-0.3, -0.25) is 4.79 Å². The molecule has 1 N–H and O–H groups in total. The van der Waals surface area contributed by atoms with E-state index < -0.39 is 0 Å². The van der Waals surface area contributed by atoms with E-state index in [4.69, 9.17) is 10.00 Å². The van der Waals surface area contributed by atoms with E-state index in [9.17, 15) is 4.79 Å². The summed E-state index contributed by atoms with van der Waals surface area (Å²) in [6, 6.07) is 9.82. The maximum Gasteiger partial charge on any atom is 0.234 e. The molecule has 1 aromatic rings. The zero-order chi connectivity index (χ0) is 13.7. The summed E-state index contributed by atoms with van der Waals surface area (Å²) >= 11 is 0. The SMILES string of the molecule is COc1ccccc1C1(CNC(=O)CC#N)CCC1. The second-order valence-electron chi connectivity index (χ2n) is 4.95. The third-order valence-corrected chi connectivity index (χ3v) is 3.85. The van der Waals surface area contributed by atoms with Crippen molar-refractivity contribution in [3.8, 4) is 11.8 Å². The highest BCUT2D eigenvalue weighted by atomic mass is 16.5. The van der Waals surface area contributed by atoms with Crippen molar-refractivity contribution < 1.29 is 9.53 Å². The summed E-state index contributed by atoms with van der Waals surface area (Å²) in [4.78, 5) is 11.5. The lowest BCUT2D eigenvalue weighted by atomic mass is 9.64. The molecule has 0 radical (unpaired) electrons. The van der Waals surface area contributed by atoms with Gasteiger partial charge in [-0.05, 0) is 18.9 Å². The monoisotopic (exact) mass is 258 g/mol. The lowest BCUT2D eigenvalue weighted by molar-refractivity contribution is -0.120. The summed E-state index contributed by atoms with van der Waals surface area (Å²) in [5, 5.41) is 11.4. The Balaban J connectivity index is 2.14. The first-order chi connectivity index (χ1) is 9.22. The molecule has 100 valence electrons. The molecular weight excluding hydrogens is 240 g/mol. The van der Waals surface area contributed by atoms with Gasteiger partial charge in [0.15, 0.2) is 0 Å². The maximum atomic E-state index is 11.5. The molecule has 4 heteroatoms. The van der Waals surface area contributed by atoms with Crippen LogP contribution in [0.5, 0.6) is 5.75 Å². The minimum Gasteiger partial charge on any atom is -0.496 e. The van der Waals surface area contributed by atoms with Gasteiger partial charge in [-0.15, -0.1) is 0 Å². The summed E-state index contributed by atoms with van der Waals surface area (Å²) in [6.45, 7) is 0.577. The van der Waals surface area contributed by atoms with Gasteiger partial charge >= 0.3 is 0 Å². The Morgan fingerprint density at radius 1 is 1.47 bits per heavy atom. The molecule has 1 aromatic carbocycles. The topological polar surface area (TPSA) is 62.1 Å². The minimum atomic E-state index is -0.205. The van der Waals surface area contributed by atoms with E-state index in [0.717, 1.165) is 30.6 Å². The number of hydrogen-bond acceptors (Lipinski definition) is 3. The molecule has 0 spiro atoms. The van der Waals surface area contributed by atoms with Crippen LogP contribution in [-0.4, -0.2) is 19.6 Å². The fourth-order valence-electron chi connectivity index (χ4n) is 2.63. The molecule has 2 rings (SSSR count). The number of hydrogen-bond donors (Lipinski definition) is 1. The fraction of sp³-hybridized carbons (Fsp3) is 0.467. The molecule has 0 atom stereocenters. The number of carbonyl (C=O) groups excluding carboxylic acids is 1. The zero-order valence-corrected chi connectivity index (χ0v) is 11.1. The van der Waals surface area contributed by atoms with Gasteiger partial charge in [0.2, 0.25) is 5.91 Å². The van der Waals surface area contributed by atoms with E-state index in [1.165, 1.54) is 0 Å². The number of para-hydroxylation sites is 1. The van der Waals surface area contributed by atoms with E-state index in [0.29, 0.717) is 6.54 Å². The van der Waals surface area contributed by atoms with E-state index in [1.807, 2.05) is 24.3 Å². The normalized spacial score (nSPS) is 16.0. The fourth-order valence-corrected chi connectivity index (χ4v) is 2.63.